The number of aliphatic hydroxyl groups is 1. The third-order valence-electron chi connectivity index (χ3n) is 20.1. The van der Waals surface area contributed by atoms with E-state index in [0.29, 0.717) is 25.7 Å². The number of esters is 4. The van der Waals surface area contributed by atoms with Crippen LogP contribution in [0.3, 0.4) is 0 Å². The second-order valence-corrected chi connectivity index (χ2v) is 33.8. The number of carbonyl (C=O) groups excluding carboxylic acids is 4. The lowest BCUT2D eigenvalue weighted by Gasteiger charge is -2.21. The fourth-order valence-corrected chi connectivity index (χ4v) is 14.6. The van der Waals surface area contributed by atoms with E-state index in [1.54, 1.807) is 0 Å². The minimum atomic E-state index is -4.96. The number of phosphoric ester groups is 2. The van der Waals surface area contributed by atoms with Crippen LogP contribution >= 0.6 is 15.6 Å². The molecule has 0 amide bonds. The highest BCUT2D eigenvalue weighted by Gasteiger charge is 2.30. The van der Waals surface area contributed by atoms with Gasteiger partial charge >= 0.3 is 39.5 Å². The molecule has 3 N–H and O–H groups in total. The van der Waals surface area contributed by atoms with E-state index in [0.717, 1.165) is 108 Å². The van der Waals surface area contributed by atoms with Crippen molar-refractivity contribution in [3.05, 3.63) is 0 Å². The van der Waals surface area contributed by atoms with Crippen molar-refractivity contribution < 1.29 is 80.2 Å². The molecule has 0 spiro atoms. The van der Waals surface area contributed by atoms with Crippen LogP contribution in [0.15, 0.2) is 0 Å². The fourth-order valence-electron chi connectivity index (χ4n) is 13.0. The maximum atomic E-state index is 13.1. The molecule has 17 nitrogen and oxygen atoms in total. The number of hydrogen-bond donors (Lipinski definition) is 3. The molecule has 0 heterocycles. The van der Waals surface area contributed by atoms with Gasteiger partial charge in [-0.1, -0.05) is 395 Å². The molecule has 0 radical (unpaired) electrons. The van der Waals surface area contributed by atoms with Crippen LogP contribution in [0, 0.1) is 11.8 Å². The predicted octanol–water partition coefficient (Wildman–Crippen LogP) is 25.5. The Kier molecular flexibility index (Phi) is 74.1. The normalized spacial score (nSPS) is 14.1. The van der Waals surface area contributed by atoms with Crippen molar-refractivity contribution >= 4 is 39.5 Å². The van der Waals surface area contributed by atoms with Gasteiger partial charge in [-0.25, -0.2) is 9.13 Å². The Hall–Kier alpha value is -1.94. The number of rotatable bonds is 83. The van der Waals surface area contributed by atoms with Gasteiger partial charge in [0.1, 0.15) is 19.3 Å². The van der Waals surface area contributed by atoms with Crippen LogP contribution in [0.25, 0.3) is 0 Å². The van der Waals surface area contributed by atoms with Crippen LogP contribution in [0.2, 0.25) is 0 Å². The van der Waals surface area contributed by atoms with Crippen LogP contribution in [0.1, 0.15) is 446 Å². The number of ether oxygens (including phenoxy) is 4. The Morgan fingerprint density at radius 3 is 0.738 bits per heavy atom. The van der Waals surface area contributed by atoms with Crippen molar-refractivity contribution in [3.8, 4) is 0 Å². The van der Waals surface area contributed by atoms with Crippen molar-refractivity contribution in [1.82, 2.24) is 0 Å². The highest BCUT2D eigenvalue weighted by Crippen LogP contribution is 2.45. The van der Waals surface area contributed by atoms with Crippen molar-refractivity contribution in [2.75, 3.05) is 39.6 Å². The summed E-state index contributed by atoms with van der Waals surface area (Å²) in [6.07, 6.45) is 67.0. The molecule has 0 aromatic heterocycles. The summed E-state index contributed by atoms with van der Waals surface area (Å²) in [5.74, 6) is -0.662. The lowest BCUT2D eigenvalue weighted by Crippen LogP contribution is -2.30. The van der Waals surface area contributed by atoms with Gasteiger partial charge in [-0.15, -0.1) is 0 Å². The maximum Gasteiger partial charge on any atom is 0.472 e. The smallest absolute Gasteiger partial charge is 0.462 e. The van der Waals surface area contributed by atoms with Gasteiger partial charge in [0.15, 0.2) is 12.2 Å². The zero-order valence-electron chi connectivity index (χ0n) is 67.6. The van der Waals surface area contributed by atoms with Crippen LogP contribution in [-0.2, 0) is 65.4 Å². The summed E-state index contributed by atoms with van der Waals surface area (Å²) >= 11 is 0. The van der Waals surface area contributed by atoms with E-state index < -0.39 is 97.5 Å². The molecule has 0 aliphatic carbocycles. The Labute approximate surface area is 632 Å². The summed E-state index contributed by atoms with van der Waals surface area (Å²) in [5, 5.41) is 10.6. The Morgan fingerprint density at radius 1 is 0.282 bits per heavy atom. The summed E-state index contributed by atoms with van der Waals surface area (Å²) in [4.78, 5) is 73.0. The van der Waals surface area contributed by atoms with Crippen molar-refractivity contribution in [1.29, 1.82) is 0 Å². The van der Waals surface area contributed by atoms with Gasteiger partial charge in [0.25, 0.3) is 0 Å². The average Bonchev–Trinajstić information content (AvgIpc) is 0.987. The van der Waals surface area contributed by atoms with Crippen LogP contribution in [0.4, 0.5) is 0 Å². The topological polar surface area (TPSA) is 237 Å². The van der Waals surface area contributed by atoms with E-state index in [-0.39, 0.29) is 25.7 Å². The molecular weight excluding hydrogens is 1340 g/mol. The SMILES string of the molecule is CCCCCCCCCCCCCCCCCCCCCCCC(=O)OC[C@H](COP(=O)(O)OC[C@@H](O)COP(=O)(O)OC[C@@H](COC(=O)CCCCCCCCC(C)CC)OC(=O)CCCCCCCCCCC(C)C)OC(=O)CCCCCCCCCCCCCCCCCCCCCCC. The quantitative estimate of drug-likeness (QED) is 0.0222. The van der Waals surface area contributed by atoms with Gasteiger partial charge in [-0.05, 0) is 37.5 Å². The third kappa shape index (κ3) is 76.6. The number of phosphoric acid groups is 2. The molecule has 0 saturated heterocycles. The fraction of sp³-hybridized carbons (Fsp3) is 0.952. The zero-order chi connectivity index (χ0) is 75.6. The first-order valence-electron chi connectivity index (χ1n) is 43.5. The lowest BCUT2D eigenvalue weighted by molar-refractivity contribution is -0.161. The molecule has 0 aromatic carbocycles. The molecule has 0 fully saturated rings. The van der Waals surface area contributed by atoms with Gasteiger partial charge in [0.2, 0.25) is 0 Å². The molecule has 612 valence electrons. The van der Waals surface area contributed by atoms with E-state index in [2.05, 4.69) is 41.5 Å². The summed E-state index contributed by atoms with van der Waals surface area (Å²) in [7, 11) is -9.92. The van der Waals surface area contributed by atoms with Crippen LogP contribution in [0.5, 0.6) is 0 Å². The lowest BCUT2D eigenvalue weighted by atomic mass is 10.00. The van der Waals surface area contributed by atoms with Gasteiger partial charge in [0, 0.05) is 25.7 Å². The molecule has 0 aromatic rings. The minimum absolute atomic E-state index is 0.104. The second-order valence-electron chi connectivity index (χ2n) is 30.9. The Balaban J connectivity index is 5.19. The highest BCUT2D eigenvalue weighted by molar-refractivity contribution is 7.47. The number of carbonyl (C=O) groups is 4. The third-order valence-corrected chi connectivity index (χ3v) is 22.0. The first-order chi connectivity index (χ1) is 49.9. The zero-order valence-corrected chi connectivity index (χ0v) is 69.4. The summed E-state index contributed by atoms with van der Waals surface area (Å²) in [6, 6.07) is 0. The average molecular weight is 1510 g/mol. The first-order valence-corrected chi connectivity index (χ1v) is 46.5. The van der Waals surface area contributed by atoms with Crippen LogP contribution < -0.4 is 0 Å². The van der Waals surface area contributed by atoms with Crippen molar-refractivity contribution in [2.24, 2.45) is 11.8 Å². The van der Waals surface area contributed by atoms with Gasteiger partial charge in [-0.3, -0.25) is 37.3 Å². The van der Waals surface area contributed by atoms with E-state index in [9.17, 15) is 43.2 Å². The molecule has 0 saturated carbocycles. The van der Waals surface area contributed by atoms with Crippen LogP contribution in [-0.4, -0.2) is 96.7 Å². The summed E-state index contributed by atoms with van der Waals surface area (Å²) in [6.45, 7) is 9.56. The van der Waals surface area contributed by atoms with Crippen molar-refractivity contribution in [3.63, 3.8) is 0 Å². The Morgan fingerprint density at radius 2 is 0.495 bits per heavy atom. The standard InChI is InChI=1S/C84H164O17P2/c1-7-10-12-14-16-18-20-22-24-26-28-30-32-34-36-38-40-42-47-54-60-66-81(86)94-72-79(100-83(88)68-62-56-48-43-41-39-37-35-33-31-29-27-25-23-21-19-17-15-13-11-8-2)74-98-102(90,91)96-70-78(85)71-97-103(92,93)99-75-80(73-95-82(87)67-61-55-51-50-53-59-65-77(6)9-3)101-84(89)69-63-57-49-45-44-46-52-58-64-76(4)5/h76-80,85H,7-75H2,1-6H3,(H,90,91)(H,92,93)/t77?,78-,79-,80-/m1/s1. The van der Waals surface area contributed by atoms with E-state index in [1.165, 1.54) is 257 Å². The number of aliphatic hydroxyl groups excluding tert-OH is 1. The highest BCUT2D eigenvalue weighted by atomic mass is 31.2. The van der Waals surface area contributed by atoms with Gasteiger partial charge in [-0.2, -0.15) is 0 Å². The Bertz CT molecular complexity index is 1980. The molecule has 6 atom stereocenters. The molecule has 103 heavy (non-hydrogen) atoms. The molecular formula is C84H164O17P2. The van der Waals surface area contributed by atoms with Crippen molar-refractivity contribution in [2.45, 2.75) is 464 Å². The first kappa shape index (κ1) is 101. The molecule has 3 unspecified atom stereocenters. The number of unbranched alkanes of at least 4 members (excludes halogenated alkanes) is 52. The predicted molar refractivity (Wildman–Crippen MR) is 423 cm³/mol. The van der Waals surface area contributed by atoms with E-state index in [4.69, 9.17) is 37.0 Å². The number of hydrogen-bond acceptors (Lipinski definition) is 15. The second kappa shape index (κ2) is 75.5. The molecule has 0 bridgehead atoms. The van der Waals surface area contributed by atoms with Gasteiger partial charge < -0.3 is 33.8 Å². The molecule has 19 heteroatoms. The monoisotopic (exact) mass is 1510 g/mol. The minimum Gasteiger partial charge on any atom is -0.462 e. The molecule has 0 aliphatic rings. The molecule has 0 rings (SSSR count). The molecule has 0 aliphatic heterocycles. The largest absolute Gasteiger partial charge is 0.472 e. The van der Waals surface area contributed by atoms with E-state index >= 15 is 0 Å². The van der Waals surface area contributed by atoms with Gasteiger partial charge in [0.05, 0.1) is 26.4 Å². The van der Waals surface area contributed by atoms with E-state index in [1.807, 2.05) is 0 Å². The maximum absolute atomic E-state index is 13.1. The summed E-state index contributed by atoms with van der Waals surface area (Å²) < 4.78 is 68.7. The summed E-state index contributed by atoms with van der Waals surface area (Å²) in [5.41, 5.74) is 0.